The van der Waals surface area contributed by atoms with Crippen molar-refractivity contribution in [2.24, 2.45) is 0 Å². The third-order valence-electron chi connectivity index (χ3n) is 5.84. The van der Waals surface area contributed by atoms with Gasteiger partial charge in [0.1, 0.15) is 13.2 Å². The standard InChI is InChI=1S/C25H27N3O6S/c1-30-6-2-5-26-25(35)28(13-16-3-4-20-21(9-16)34-15-33-20)14-18-10-17-11-22-23(32-8-7-31-22)12-19(17)27-24(18)29/h3-4,9-12H,2,5-8,13-15H2,1H3,(H,26,35)(H,27,29). The molecule has 3 aromatic rings. The Morgan fingerprint density at radius 3 is 2.63 bits per heavy atom. The Kier molecular flexibility index (Phi) is 6.91. The fourth-order valence-electron chi connectivity index (χ4n) is 4.09. The van der Waals surface area contributed by atoms with Gasteiger partial charge in [-0.1, -0.05) is 6.07 Å². The molecular formula is C25H27N3O6S. The molecule has 10 heteroatoms. The predicted molar refractivity (Wildman–Crippen MR) is 134 cm³/mol. The van der Waals surface area contributed by atoms with Crippen LogP contribution in [0.2, 0.25) is 0 Å². The highest BCUT2D eigenvalue weighted by atomic mass is 32.1. The van der Waals surface area contributed by atoms with E-state index in [-0.39, 0.29) is 12.4 Å². The molecule has 0 saturated heterocycles. The lowest BCUT2D eigenvalue weighted by atomic mass is 10.1. The van der Waals surface area contributed by atoms with Crippen molar-refractivity contribution in [2.45, 2.75) is 19.5 Å². The SMILES string of the molecule is COCCCNC(=S)N(Cc1ccc2c(c1)OCO2)Cc1cc2cc3c(cc2[nH]c1=O)OCCO3. The molecule has 1 aromatic heterocycles. The van der Waals surface area contributed by atoms with Crippen molar-refractivity contribution in [3.05, 3.63) is 57.9 Å². The van der Waals surface area contributed by atoms with Gasteiger partial charge >= 0.3 is 0 Å². The number of hydrogen-bond donors (Lipinski definition) is 2. The fraction of sp³-hybridized carbons (Fsp3) is 0.360. The average molecular weight is 498 g/mol. The summed E-state index contributed by atoms with van der Waals surface area (Å²) in [7, 11) is 1.67. The Balaban J connectivity index is 1.41. The van der Waals surface area contributed by atoms with Crippen molar-refractivity contribution in [2.75, 3.05) is 40.3 Å². The van der Waals surface area contributed by atoms with E-state index >= 15 is 0 Å². The number of fused-ring (bicyclic) bond motifs is 3. The van der Waals surface area contributed by atoms with Gasteiger partial charge in [0.15, 0.2) is 28.1 Å². The van der Waals surface area contributed by atoms with E-state index in [0.717, 1.165) is 23.1 Å². The number of nitrogens with zero attached hydrogens (tertiary/aromatic N) is 1. The van der Waals surface area contributed by atoms with Gasteiger partial charge in [-0.25, -0.2) is 0 Å². The van der Waals surface area contributed by atoms with E-state index in [1.165, 1.54) is 0 Å². The van der Waals surface area contributed by atoms with Crippen LogP contribution in [0.15, 0.2) is 41.2 Å². The van der Waals surface area contributed by atoms with Crippen LogP contribution >= 0.6 is 12.2 Å². The number of benzene rings is 2. The van der Waals surface area contributed by atoms with E-state index < -0.39 is 0 Å². The van der Waals surface area contributed by atoms with E-state index in [0.29, 0.717) is 72.9 Å². The van der Waals surface area contributed by atoms with Crippen molar-refractivity contribution in [3.8, 4) is 23.0 Å². The summed E-state index contributed by atoms with van der Waals surface area (Å²) in [6.07, 6.45) is 0.818. The molecule has 5 rings (SSSR count). The van der Waals surface area contributed by atoms with Crippen LogP contribution in [0.25, 0.3) is 10.9 Å². The van der Waals surface area contributed by atoms with Gasteiger partial charge in [0.2, 0.25) is 6.79 Å². The number of methoxy groups -OCH3 is 1. The van der Waals surface area contributed by atoms with Crippen LogP contribution < -0.4 is 29.8 Å². The molecule has 2 aliphatic rings. The summed E-state index contributed by atoms with van der Waals surface area (Å²) in [4.78, 5) is 17.9. The Labute approximate surface area is 207 Å². The van der Waals surface area contributed by atoms with Gasteiger partial charge in [-0.05, 0) is 48.5 Å². The van der Waals surface area contributed by atoms with Gasteiger partial charge in [0.25, 0.3) is 5.56 Å². The van der Waals surface area contributed by atoms with Crippen molar-refractivity contribution in [1.29, 1.82) is 0 Å². The Morgan fingerprint density at radius 2 is 1.80 bits per heavy atom. The van der Waals surface area contributed by atoms with Crippen LogP contribution in [0.1, 0.15) is 17.5 Å². The Hall–Kier alpha value is -3.50. The zero-order chi connectivity index (χ0) is 24.2. The molecule has 2 aliphatic heterocycles. The van der Waals surface area contributed by atoms with Gasteiger partial charge in [0, 0.05) is 43.8 Å². The van der Waals surface area contributed by atoms with Gasteiger partial charge in [-0.15, -0.1) is 0 Å². The first-order valence-electron chi connectivity index (χ1n) is 11.5. The highest BCUT2D eigenvalue weighted by Crippen LogP contribution is 2.34. The second-order valence-electron chi connectivity index (χ2n) is 8.33. The molecule has 0 fully saturated rings. The first kappa shape index (κ1) is 23.3. The smallest absolute Gasteiger partial charge is 0.253 e. The number of rotatable bonds is 8. The van der Waals surface area contributed by atoms with Crippen LogP contribution in [-0.4, -0.2) is 55.3 Å². The number of pyridine rings is 1. The first-order chi connectivity index (χ1) is 17.1. The number of ether oxygens (including phenoxy) is 5. The van der Waals surface area contributed by atoms with Crippen LogP contribution in [0, 0.1) is 0 Å². The van der Waals surface area contributed by atoms with Gasteiger partial charge in [0.05, 0.1) is 12.1 Å². The third-order valence-corrected chi connectivity index (χ3v) is 6.25. The summed E-state index contributed by atoms with van der Waals surface area (Å²) in [5.74, 6) is 2.74. The van der Waals surface area contributed by atoms with Gasteiger partial charge in [-0.3, -0.25) is 4.79 Å². The number of H-pyrrole nitrogens is 1. The molecule has 3 heterocycles. The Morgan fingerprint density at radius 1 is 1.03 bits per heavy atom. The van der Waals surface area contributed by atoms with E-state index in [4.69, 9.17) is 35.9 Å². The summed E-state index contributed by atoms with van der Waals surface area (Å²) in [6, 6.07) is 11.4. The maximum atomic E-state index is 13.0. The summed E-state index contributed by atoms with van der Waals surface area (Å²) >= 11 is 5.71. The zero-order valence-electron chi connectivity index (χ0n) is 19.4. The lowest BCUT2D eigenvalue weighted by Crippen LogP contribution is -2.40. The summed E-state index contributed by atoms with van der Waals surface area (Å²) in [5.41, 5.74) is 2.11. The van der Waals surface area contributed by atoms with Crippen LogP contribution in [-0.2, 0) is 17.8 Å². The normalized spacial score (nSPS) is 13.6. The van der Waals surface area contributed by atoms with E-state index in [1.54, 1.807) is 13.2 Å². The minimum atomic E-state index is -0.174. The molecule has 0 amide bonds. The van der Waals surface area contributed by atoms with E-state index in [2.05, 4.69) is 10.3 Å². The lowest BCUT2D eigenvalue weighted by Gasteiger charge is -2.26. The number of aromatic nitrogens is 1. The second-order valence-corrected chi connectivity index (χ2v) is 8.72. The number of thiocarbonyl (C=S) groups is 1. The molecule has 0 aliphatic carbocycles. The average Bonchev–Trinajstić information content (AvgIpc) is 3.33. The molecule has 35 heavy (non-hydrogen) atoms. The number of nitrogens with one attached hydrogen (secondary N) is 2. The number of hydrogen-bond acceptors (Lipinski definition) is 7. The molecule has 9 nitrogen and oxygen atoms in total. The van der Waals surface area contributed by atoms with Crippen LogP contribution in [0.4, 0.5) is 0 Å². The number of aromatic amines is 1. The minimum absolute atomic E-state index is 0.174. The van der Waals surface area contributed by atoms with E-state index in [9.17, 15) is 4.79 Å². The summed E-state index contributed by atoms with van der Waals surface area (Å²) in [6.45, 7) is 3.33. The third kappa shape index (κ3) is 5.28. The van der Waals surface area contributed by atoms with Gasteiger partial charge in [-0.2, -0.15) is 0 Å². The summed E-state index contributed by atoms with van der Waals surface area (Å²) < 4.78 is 27.4. The highest BCUT2D eigenvalue weighted by Gasteiger charge is 2.19. The topological polar surface area (TPSA) is 94.3 Å². The van der Waals surface area contributed by atoms with Crippen molar-refractivity contribution in [1.82, 2.24) is 15.2 Å². The minimum Gasteiger partial charge on any atom is -0.486 e. The van der Waals surface area contributed by atoms with Crippen molar-refractivity contribution in [3.63, 3.8) is 0 Å². The van der Waals surface area contributed by atoms with Crippen LogP contribution in [0.5, 0.6) is 23.0 Å². The molecule has 0 spiro atoms. The molecule has 2 N–H and O–H groups in total. The highest BCUT2D eigenvalue weighted by molar-refractivity contribution is 7.80. The van der Waals surface area contributed by atoms with Gasteiger partial charge < -0.3 is 38.9 Å². The van der Waals surface area contributed by atoms with Crippen molar-refractivity contribution >= 4 is 28.2 Å². The maximum absolute atomic E-state index is 13.0. The van der Waals surface area contributed by atoms with Crippen molar-refractivity contribution < 1.29 is 23.7 Å². The zero-order valence-corrected chi connectivity index (χ0v) is 20.2. The molecule has 2 aromatic carbocycles. The fourth-order valence-corrected chi connectivity index (χ4v) is 4.33. The molecule has 184 valence electrons. The predicted octanol–water partition coefficient (Wildman–Crippen LogP) is 2.94. The maximum Gasteiger partial charge on any atom is 0.253 e. The monoisotopic (exact) mass is 497 g/mol. The largest absolute Gasteiger partial charge is 0.486 e. The molecule has 0 bridgehead atoms. The summed E-state index contributed by atoms with van der Waals surface area (Å²) in [5, 5.41) is 4.70. The second kappa shape index (κ2) is 10.4. The molecule has 0 radical (unpaired) electrons. The quantitative estimate of drug-likeness (QED) is 0.360. The Bertz CT molecular complexity index is 1290. The molecule has 0 saturated carbocycles. The molecule has 0 atom stereocenters. The van der Waals surface area contributed by atoms with Crippen LogP contribution in [0.3, 0.4) is 0 Å². The molecule has 0 unspecified atom stereocenters. The lowest BCUT2D eigenvalue weighted by molar-refractivity contribution is 0.172. The molecular weight excluding hydrogens is 470 g/mol. The van der Waals surface area contributed by atoms with E-state index in [1.807, 2.05) is 35.2 Å². The first-order valence-corrected chi connectivity index (χ1v) is 11.9.